The molecular weight excluding hydrogens is 316 g/mol. The second-order valence-corrected chi connectivity index (χ2v) is 5.64. The molecule has 0 aliphatic carbocycles. The Labute approximate surface area is 138 Å². The number of carbonyl (C=O) groups is 3. The van der Waals surface area contributed by atoms with Crippen molar-refractivity contribution in [2.45, 2.75) is 38.5 Å². The highest BCUT2D eigenvalue weighted by molar-refractivity contribution is 5.90. The van der Waals surface area contributed by atoms with E-state index in [4.69, 9.17) is 14.2 Å². The van der Waals surface area contributed by atoms with Gasteiger partial charge in [0, 0.05) is 13.0 Å². The van der Waals surface area contributed by atoms with Gasteiger partial charge < -0.3 is 24.8 Å². The monoisotopic (exact) mass is 334 g/mol. The molecule has 3 rings (SSSR count). The van der Waals surface area contributed by atoms with Crippen LogP contribution in [0.4, 0.5) is 0 Å². The molecule has 2 heterocycles. The minimum Gasteiger partial charge on any atom is -0.454 e. The third-order valence-corrected chi connectivity index (χ3v) is 3.85. The average Bonchev–Trinajstić information content (AvgIpc) is 3.20. The van der Waals surface area contributed by atoms with Crippen molar-refractivity contribution in [2.24, 2.45) is 0 Å². The van der Waals surface area contributed by atoms with Crippen LogP contribution >= 0.6 is 0 Å². The summed E-state index contributed by atoms with van der Waals surface area (Å²) in [6.07, 6.45) is -0.253. The molecule has 8 nitrogen and oxygen atoms in total. The smallest absolute Gasteiger partial charge is 0.329 e. The van der Waals surface area contributed by atoms with Gasteiger partial charge in [0.05, 0.1) is 0 Å². The van der Waals surface area contributed by atoms with Gasteiger partial charge in [0.2, 0.25) is 12.7 Å². The van der Waals surface area contributed by atoms with Crippen molar-refractivity contribution in [1.29, 1.82) is 0 Å². The lowest BCUT2D eigenvalue weighted by Crippen LogP contribution is -2.41. The van der Waals surface area contributed by atoms with Crippen LogP contribution in [0.1, 0.15) is 25.3 Å². The van der Waals surface area contributed by atoms with Crippen molar-refractivity contribution in [1.82, 2.24) is 10.6 Å². The first-order chi connectivity index (χ1) is 11.5. The number of amides is 2. The molecule has 0 aromatic heterocycles. The van der Waals surface area contributed by atoms with Crippen LogP contribution in [0.3, 0.4) is 0 Å². The van der Waals surface area contributed by atoms with Gasteiger partial charge in [-0.1, -0.05) is 6.07 Å². The number of rotatable bonds is 5. The predicted molar refractivity (Wildman–Crippen MR) is 81.1 cm³/mol. The van der Waals surface area contributed by atoms with Crippen LogP contribution in [0.5, 0.6) is 11.5 Å². The van der Waals surface area contributed by atoms with Crippen molar-refractivity contribution in [2.75, 3.05) is 6.79 Å². The van der Waals surface area contributed by atoms with Gasteiger partial charge in [0.15, 0.2) is 17.6 Å². The molecule has 128 valence electrons. The van der Waals surface area contributed by atoms with Gasteiger partial charge in [-0.15, -0.1) is 0 Å². The molecule has 2 amide bonds. The Kier molecular flexibility index (Phi) is 4.54. The maximum atomic E-state index is 12.0. The number of hydrogen-bond acceptors (Lipinski definition) is 6. The van der Waals surface area contributed by atoms with Crippen LogP contribution in [0.2, 0.25) is 0 Å². The van der Waals surface area contributed by atoms with Gasteiger partial charge in [-0.2, -0.15) is 0 Å². The number of fused-ring (bicyclic) bond motifs is 1. The summed E-state index contributed by atoms with van der Waals surface area (Å²) in [6.45, 7) is 1.96. The minimum absolute atomic E-state index is 0.183. The normalized spacial score (nSPS) is 19.5. The molecule has 1 saturated heterocycles. The molecule has 1 aromatic carbocycles. The van der Waals surface area contributed by atoms with E-state index in [9.17, 15) is 14.4 Å². The fraction of sp³-hybridized carbons (Fsp3) is 0.438. The second-order valence-electron chi connectivity index (χ2n) is 5.64. The Morgan fingerprint density at radius 3 is 2.92 bits per heavy atom. The summed E-state index contributed by atoms with van der Waals surface area (Å²) in [4.78, 5) is 35.0. The van der Waals surface area contributed by atoms with Crippen molar-refractivity contribution < 1.29 is 28.6 Å². The lowest BCUT2D eigenvalue weighted by molar-refractivity contribution is -0.156. The SMILES string of the molecule is C[C@H](OC(=O)[C@@H]1CCC(=O)N1)C(=O)NCc1ccc2c(c1)OCO2. The van der Waals surface area contributed by atoms with E-state index in [0.29, 0.717) is 24.3 Å². The third kappa shape index (κ3) is 3.58. The van der Waals surface area contributed by atoms with Crippen molar-refractivity contribution in [3.05, 3.63) is 23.8 Å². The summed E-state index contributed by atoms with van der Waals surface area (Å²) in [5, 5.41) is 5.20. The van der Waals surface area contributed by atoms with E-state index in [2.05, 4.69) is 10.6 Å². The van der Waals surface area contributed by atoms with Gasteiger partial charge in [-0.3, -0.25) is 9.59 Å². The fourth-order valence-electron chi connectivity index (χ4n) is 2.48. The Balaban J connectivity index is 1.47. The van der Waals surface area contributed by atoms with Gasteiger partial charge >= 0.3 is 5.97 Å². The predicted octanol–water partition coefficient (Wildman–Crippen LogP) is 0.242. The Bertz CT molecular complexity index is 675. The fourth-order valence-corrected chi connectivity index (χ4v) is 2.48. The lowest BCUT2D eigenvalue weighted by Gasteiger charge is -2.16. The maximum absolute atomic E-state index is 12.0. The molecule has 2 aliphatic rings. The van der Waals surface area contributed by atoms with Gasteiger partial charge in [0.25, 0.3) is 5.91 Å². The first-order valence-electron chi connectivity index (χ1n) is 7.69. The van der Waals surface area contributed by atoms with Crippen LogP contribution in [-0.4, -0.2) is 36.7 Å². The minimum atomic E-state index is -0.941. The second kappa shape index (κ2) is 6.77. The number of benzene rings is 1. The van der Waals surface area contributed by atoms with Crippen LogP contribution in [0, 0.1) is 0 Å². The Hall–Kier alpha value is -2.77. The number of ether oxygens (including phenoxy) is 3. The van der Waals surface area contributed by atoms with Crippen molar-refractivity contribution in [3.8, 4) is 11.5 Å². The molecule has 1 aromatic rings. The molecule has 2 N–H and O–H groups in total. The number of esters is 1. The molecule has 2 aliphatic heterocycles. The van der Waals surface area contributed by atoms with Gasteiger partial charge in [-0.05, 0) is 31.0 Å². The highest BCUT2D eigenvalue weighted by Crippen LogP contribution is 2.32. The lowest BCUT2D eigenvalue weighted by atomic mass is 10.2. The van der Waals surface area contributed by atoms with Crippen molar-refractivity contribution >= 4 is 17.8 Å². The first kappa shape index (κ1) is 16.1. The zero-order valence-electron chi connectivity index (χ0n) is 13.2. The van der Waals surface area contributed by atoms with E-state index >= 15 is 0 Å². The van der Waals surface area contributed by atoms with Crippen LogP contribution in [0.15, 0.2) is 18.2 Å². The van der Waals surface area contributed by atoms with E-state index in [1.807, 2.05) is 6.07 Å². The maximum Gasteiger partial charge on any atom is 0.329 e. The van der Waals surface area contributed by atoms with E-state index in [-0.39, 0.29) is 19.2 Å². The zero-order chi connectivity index (χ0) is 17.1. The summed E-state index contributed by atoms with van der Waals surface area (Å²) < 4.78 is 15.6. The quantitative estimate of drug-likeness (QED) is 0.748. The Morgan fingerprint density at radius 1 is 1.38 bits per heavy atom. The molecule has 0 bridgehead atoms. The summed E-state index contributed by atoms with van der Waals surface area (Å²) in [5.74, 6) is 0.123. The van der Waals surface area contributed by atoms with E-state index < -0.39 is 24.0 Å². The third-order valence-electron chi connectivity index (χ3n) is 3.85. The van der Waals surface area contributed by atoms with E-state index in [0.717, 1.165) is 5.56 Å². The van der Waals surface area contributed by atoms with Gasteiger partial charge in [-0.25, -0.2) is 4.79 Å². The Morgan fingerprint density at radius 2 is 2.17 bits per heavy atom. The molecular formula is C16H18N2O6. The highest BCUT2D eigenvalue weighted by Gasteiger charge is 2.30. The zero-order valence-corrected chi connectivity index (χ0v) is 13.2. The molecule has 2 atom stereocenters. The average molecular weight is 334 g/mol. The van der Waals surface area contributed by atoms with E-state index in [1.165, 1.54) is 6.92 Å². The molecule has 0 spiro atoms. The molecule has 0 radical (unpaired) electrons. The molecule has 1 fully saturated rings. The number of carbonyl (C=O) groups excluding carboxylic acids is 3. The molecule has 0 saturated carbocycles. The molecule has 8 heteroatoms. The highest BCUT2D eigenvalue weighted by atomic mass is 16.7. The number of nitrogens with one attached hydrogen (secondary N) is 2. The summed E-state index contributed by atoms with van der Waals surface area (Å²) >= 11 is 0. The largest absolute Gasteiger partial charge is 0.454 e. The van der Waals surface area contributed by atoms with Crippen LogP contribution in [-0.2, 0) is 25.7 Å². The molecule has 24 heavy (non-hydrogen) atoms. The topological polar surface area (TPSA) is 103 Å². The first-order valence-corrected chi connectivity index (χ1v) is 7.69. The number of hydrogen-bond donors (Lipinski definition) is 2. The summed E-state index contributed by atoms with van der Waals surface area (Å²) in [5.41, 5.74) is 0.842. The van der Waals surface area contributed by atoms with Gasteiger partial charge in [0.1, 0.15) is 6.04 Å². The van der Waals surface area contributed by atoms with Crippen molar-refractivity contribution in [3.63, 3.8) is 0 Å². The van der Waals surface area contributed by atoms with Crippen LogP contribution < -0.4 is 20.1 Å². The standard InChI is InChI=1S/C16H18N2O6/c1-9(24-16(21)11-3-5-14(19)18-11)15(20)17-7-10-2-4-12-13(6-10)23-8-22-12/h2,4,6,9,11H,3,5,7-8H2,1H3,(H,17,20)(H,18,19)/t9-,11-/m0/s1. The van der Waals surface area contributed by atoms with Crippen LogP contribution in [0.25, 0.3) is 0 Å². The summed E-state index contributed by atoms with van der Waals surface area (Å²) in [7, 11) is 0. The van der Waals surface area contributed by atoms with E-state index in [1.54, 1.807) is 12.1 Å². The molecule has 0 unspecified atom stereocenters. The summed E-state index contributed by atoms with van der Waals surface area (Å²) in [6, 6.07) is 4.71.